The number of anilines is 2. The number of benzene rings is 4. The Hall–Kier alpha value is -3.12. The van der Waals surface area contributed by atoms with E-state index in [9.17, 15) is 16.8 Å². The maximum absolute atomic E-state index is 13.6. The van der Waals surface area contributed by atoms with Gasteiger partial charge >= 0.3 is 0 Å². The second kappa shape index (κ2) is 11.9. The van der Waals surface area contributed by atoms with Gasteiger partial charge in [0.25, 0.3) is 0 Å². The lowest BCUT2D eigenvalue weighted by atomic mass is 10.1. The van der Waals surface area contributed by atoms with Gasteiger partial charge in [0.2, 0.25) is 20.0 Å². The third-order valence-electron chi connectivity index (χ3n) is 8.96. The first kappa shape index (κ1) is 30.5. The monoisotopic (exact) mass is 682 g/mol. The van der Waals surface area contributed by atoms with Crippen molar-refractivity contribution in [3.8, 4) is 11.1 Å². The summed E-state index contributed by atoms with van der Waals surface area (Å²) in [5.41, 5.74) is 5.45. The van der Waals surface area contributed by atoms with E-state index in [2.05, 4.69) is 9.80 Å². The van der Waals surface area contributed by atoms with Gasteiger partial charge in [0.05, 0.1) is 31.2 Å². The zero-order valence-electron chi connectivity index (χ0n) is 24.4. The molecule has 0 spiro atoms. The molecule has 2 aliphatic heterocycles. The molecule has 0 amide bonds. The SMILES string of the molecule is O=S(=O)(c1ccc2c(c1)Cc1cc(S(=O)(=O)N3CCN(c4ccccc4Cl)CC3)ccc1-2)N1CCN(c2ccccc2Cl)CC1. The molecular weight excluding hydrogens is 651 g/mol. The number of hydrogen-bond donors (Lipinski definition) is 0. The molecule has 7 rings (SSSR count). The van der Waals surface area contributed by atoms with E-state index in [1.165, 1.54) is 8.61 Å². The fourth-order valence-corrected chi connectivity index (χ4v) is 9.99. The van der Waals surface area contributed by atoms with Crippen LogP contribution < -0.4 is 9.80 Å². The summed E-state index contributed by atoms with van der Waals surface area (Å²) in [5.74, 6) is 0. The highest BCUT2D eigenvalue weighted by Crippen LogP contribution is 2.40. The maximum atomic E-state index is 13.6. The molecule has 12 heteroatoms. The number of sulfonamides is 2. The Bertz CT molecular complexity index is 1850. The molecule has 3 aliphatic rings. The van der Waals surface area contributed by atoms with Crippen molar-refractivity contribution in [1.82, 2.24) is 8.61 Å². The van der Waals surface area contributed by atoms with Crippen LogP contribution in [0.25, 0.3) is 11.1 Å². The molecule has 0 N–H and O–H groups in total. The predicted octanol–water partition coefficient (Wildman–Crippen LogP) is 5.59. The van der Waals surface area contributed by atoms with E-state index in [0.717, 1.165) is 33.6 Å². The molecule has 0 atom stereocenters. The average Bonchev–Trinajstić information content (AvgIpc) is 3.43. The van der Waals surface area contributed by atoms with E-state index in [1.807, 2.05) is 60.7 Å². The summed E-state index contributed by atoms with van der Waals surface area (Å²) >= 11 is 12.7. The average molecular weight is 684 g/mol. The molecule has 8 nitrogen and oxygen atoms in total. The van der Waals surface area contributed by atoms with Crippen molar-refractivity contribution >= 4 is 54.6 Å². The molecule has 1 aliphatic carbocycles. The minimum absolute atomic E-state index is 0.254. The number of fused-ring (bicyclic) bond motifs is 3. The summed E-state index contributed by atoms with van der Waals surface area (Å²) in [6.07, 6.45) is 0.470. The number of rotatable bonds is 6. The summed E-state index contributed by atoms with van der Waals surface area (Å²) in [4.78, 5) is 4.73. The van der Waals surface area contributed by atoms with E-state index < -0.39 is 20.0 Å². The molecule has 0 aromatic heterocycles. The van der Waals surface area contributed by atoms with Gasteiger partial charge in [0.1, 0.15) is 0 Å². The standard InChI is InChI=1S/C33H32Cl2N4O4S2/c34-30-5-1-3-7-32(30)36-13-17-38(18-14-36)44(40,41)26-9-11-28-24(22-26)21-25-23-27(10-12-29(25)28)45(42,43)39-19-15-37(16-20-39)33-8-4-2-6-31(33)35/h1-12,22-23H,13-21H2. The van der Waals surface area contributed by atoms with Crippen LogP contribution >= 0.6 is 23.2 Å². The normalized spacial score (nSPS) is 17.7. The Morgan fingerprint density at radius 3 is 1.24 bits per heavy atom. The zero-order chi connectivity index (χ0) is 31.3. The van der Waals surface area contributed by atoms with E-state index >= 15 is 0 Å². The topological polar surface area (TPSA) is 81.2 Å². The van der Waals surface area contributed by atoms with Crippen LogP contribution in [0.15, 0.2) is 94.7 Å². The lowest BCUT2D eigenvalue weighted by Gasteiger charge is -2.35. The summed E-state index contributed by atoms with van der Waals surface area (Å²) < 4.78 is 57.7. The molecule has 2 saturated heterocycles. The summed E-state index contributed by atoms with van der Waals surface area (Å²) in [6.45, 7) is 3.63. The Balaban J connectivity index is 1.04. The van der Waals surface area contributed by atoms with Crippen LogP contribution in [0.2, 0.25) is 10.0 Å². The number of hydrogen-bond acceptors (Lipinski definition) is 6. The van der Waals surface area contributed by atoms with Crippen molar-refractivity contribution < 1.29 is 16.8 Å². The molecule has 0 bridgehead atoms. The van der Waals surface area contributed by atoms with Crippen LogP contribution in [0.1, 0.15) is 11.1 Å². The zero-order valence-corrected chi connectivity index (χ0v) is 27.6. The summed E-state index contributed by atoms with van der Waals surface area (Å²) in [5, 5.41) is 1.30. The molecule has 0 unspecified atom stereocenters. The van der Waals surface area contributed by atoms with Crippen molar-refractivity contribution in [3.05, 3.63) is 106 Å². The van der Waals surface area contributed by atoms with Gasteiger partial charge in [-0.15, -0.1) is 0 Å². The first-order chi connectivity index (χ1) is 21.6. The van der Waals surface area contributed by atoms with Crippen molar-refractivity contribution in [2.24, 2.45) is 0 Å². The van der Waals surface area contributed by atoms with Gasteiger partial charge in [0.15, 0.2) is 0 Å². The maximum Gasteiger partial charge on any atom is 0.243 e. The van der Waals surface area contributed by atoms with Crippen molar-refractivity contribution in [3.63, 3.8) is 0 Å². The molecule has 0 saturated carbocycles. The Morgan fingerprint density at radius 1 is 0.489 bits per heavy atom. The molecular formula is C33H32Cl2N4O4S2. The lowest BCUT2D eigenvalue weighted by Crippen LogP contribution is -2.48. The first-order valence-corrected chi connectivity index (χ1v) is 18.5. The second-order valence-electron chi connectivity index (χ2n) is 11.5. The molecule has 234 valence electrons. The minimum atomic E-state index is -3.70. The van der Waals surface area contributed by atoms with E-state index in [1.54, 1.807) is 24.3 Å². The first-order valence-electron chi connectivity index (χ1n) is 14.9. The molecule has 2 heterocycles. The van der Waals surface area contributed by atoms with Crippen LogP contribution in [0.4, 0.5) is 11.4 Å². The molecule has 4 aromatic rings. The van der Waals surface area contributed by atoms with Gasteiger partial charge in [-0.05, 0) is 77.2 Å². The lowest BCUT2D eigenvalue weighted by molar-refractivity contribution is 0.384. The van der Waals surface area contributed by atoms with Gasteiger partial charge in [-0.25, -0.2) is 16.8 Å². The summed E-state index contributed by atoms with van der Waals surface area (Å²) in [6, 6.07) is 25.7. The smallest absolute Gasteiger partial charge is 0.243 e. The van der Waals surface area contributed by atoms with E-state index in [-0.39, 0.29) is 9.79 Å². The van der Waals surface area contributed by atoms with Crippen molar-refractivity contribution in [2.45, 2.75) is 16.2 Å². The quantitative estimate of drug-likeness (QED) is 0.233. The highest BCUT2D eigenvalue weighted by atomic mass is 35.5. The fraction of sp³-hybridized carbons (Fsp3) is 0.273. The van der Waals surface area contributed by atoms with Crippen LogP contribution in [0.5, 0.6) is 0 Å². The predicted molar refractivity (Wildman–Crippen MR) is 180 cm³/mol. The number of halogens is 2. The molecule has 45 heavy (non-hydrogen) atoms. The van der Waals surface area contributed by atoms with Crippen molar-refractivity contribution in [1.29, 1.82) is 0 Å². The number of nitrogens with zero attached hydrogens (tertiary/aromatic N) is 4. The number of para-hydroxylation sites is 2. The third kappa shape index (κ3) is 5.62. The number of piperazine rings is 2. The highest BCUT2D eigenvalue weighted by Gasteiger charge is 2.33. The van der Waals surface area contributed by atoms with E-state index in [0.29, 0.717) is 68.8 Å². The molecule has 4 aromatic carbocycles. The van der Waals surface area contributed by atoms with Crippen molar-refractivity contribution in [2.75, 3.05) is 62.2 Å². The Kier molecular flexibility index (Phi) is 8.08. The van der Waals surface area contributed by atoms with Gasteiger partial charge in [0, 0.05) is 52.4 Å². The fourth-order valence-electron chi connectivity index (χ4n) is 6.54. The van der Waals surface area contributed by atoms with Crippen LogP contribution in [-0.4, -0.2) is 77.8 Å². The highest BCUT2D eigenvalue weighted by molar-refractivity contribution is 7.89. The van der Waals surface area contributed by atoms with Gasteiger partial charge in [-0.2, -0.15) is 8.61 Å². The summed E-state index contributed by atoms with van der Waals surface area (Å²) in [7, 11) is -7.40. The molecule has 2 fully saturated rings. The minimum Gasteiger partial charge on any atom is -0.368 e. The van der Waals surface area contributed by atoms with Gasteiger partial charge in [-0.3, -0.25) is 0 Å². The van der Waals surface area contributed by atoms with Crippen LogP contribution in [0, 0.1) is 0 Å². The van der Waals surface area contributed by atoms with Gasteiger partial charge in [-0.1, -0.05) is 59.6 Å². The largest absolute Gasteiger partial charge is 0.368 e. The van der Waals surface area contributed by atoms with Gasteiger partial charge < -0.3 is 9.80 Å². The third-order valence-corrected chi connectivity index (χ3v) is 13.4. The Morgan fingerprint density at radius 2 is 0.867 bits per heavy atom. The van der Waals surface area contributed by atoms with E-state index in [4.69, 9.17) is 23.2 Å². The Labute approximate surface area is 274 Å². The second-order valence-corrected chi connectivity index (χ2v) is 16.2. The molecule has 0 radical (unpaired) electrons. The van der Waals surface area contributed by atoms with Crippen LogP contribution in [0.3, 0.4) is 0 Å². The van der Waals surface area contributed by atoms with Crippen LogP contribution in [-0.2, 0) is 26.5 Å².